The number of hydrogen-bond acceptors (Lipinski definition) is 3. The monoisotopic (exact) mass is 294 g/mol. The van der Waals surface area contributed by atoms with E-state index in [9.17, 15) is 12.8 Å². The second-order valence-corrected chi connectivity index (χ2v) is 6.18. The summed E-state index contributed by atoms with van der Waals surface area (Å²) in [7, 11) is -3.90. The molecule has 0 atom stereocenters. The molecule has 0 radical (unpaired) electrons. The first-order valence-corrected chi connectivity index (χ1v) is 7.47. The molecule has 0 saturated heterocycles. The maximum absolute atomic E-state index is 13.7. The summed E-state index contributed by atoms with van der Waals surface area (Å²) >= 11 is 0. The number of nitrogens with two attached hydrogens (primary N) is 1. The molecule has 0 aromatic heterocycles. The van der Waals surface area contributed by atoms with Crippen LogP contribution in [0, 0.1) is 12.7 Å². The molecule has 0 fully saturated rings. The topological polar surface area (TPSA) is 72.2 Å². The predicted octanol–water partition coefficient (Wildman–Crippen LogP) is 2.19. The first-order chi connectivity index (χ1) is 9.40. The number of anilines is 1. The Labute approximate surface area is 117 Å². The standard InChI is InChI=1S/C14H15FN2O2S/c1-10-4-2-3-5-11(10)9-17-20(18,19)14-7-6-12(16)8-13(14)15/h2-8,17H,9,16H2,1H3. The van der Waals surface area contributed by atoms with E-state index in [0.717, 1.165) is 23.3 Å². The van der Waals surface area contributed by atoms with Crippen LogP contribution in [-0.4, -0.2) is 8.42 Å². The van der Waals surface area contributed by atoms with Crippen molar-refractivity contribution in [2.45, 2.75) is 18.4 Å². The summed E-state index contributed by atoms with van der Waals surface area (Å²) in [5.41, 5.74) is 7.39. The number of hydrogen-bond donors (Lipinski definition) is 2. The van der Waals surface area contributed by atoms with Gasteiger partial charge in [0, 0.05) is 12.2 Å². The van der Waals surface area contributed by atoms with Gasteiger partial charge < -0.3 is 5.73 Å². The molecule has 0 saturated carbocycles. The van der Waals surface area contributed by atoms with Gasteiger partial charge in [0.05, 0.1) is 0 Å². The van der Waals surface area contributed by atoms with Gasteiger partial charge in [0.15, 0.2) is 0 Å². The summed E-state index contributed by atoms with van der Waals surface area (Å²) in [5.74, 6) is -0.859. The van der Waals surface area contributed by atoms with E-state index in [0.29, 0.717) is 0 Å². The SMILES string of the molecule is Cc1ccccc1CNS(=O)(=O)c1ccc(N)cc1F. The van der Waals surface area contributed by atoms with Crippen LogP contribution in [0.1, 0.15) is 11.1 Å². The fourth-order valence-corrected chi connectivity index (χ4v) is 2.86. The van der Waals surface area contributed by atoms with Crippen LogP contribution in [0.2, 0.25) is 0 Å². The molecular weight excluding hydrogens is 279 g/mol. The largest absolute Gasteiger partial charge is 0.399 e. The minimum atomic E-state index is -3.90. The molecule has 0 bridgehead atoms. The molecule has 2 aromatic carbocycles. The Kier molecular flexibility index (Phi) is 4.06. The van der Waals surface area contributed by atoms with Crippen LogP contribution in [0.25, 0.3) is 0 Å². The highest BCUT2D eigenvalue weighted by Crippen LogP contribution is 2.17. The van der Waals surface area contributed by atoms with Gasteiger partial charge in [0.2, 0.25) is 10.0 Å². The Morgan fingerprint density at radius 3 is 2.55 bits per heavy atom. The summed E-state index contributed by atoms with van der Waals surface area (Å²) in [5, 5.41) is 0. The average molecular weight is 294 g/mol. The Bertz CT molecular complexity index is 730. The summed E-state index contributed by atoms with van der Waals surface area (Å²) < 4.78 is 40.2. The van der Waals surface area contributed by atoms with Crippen LogP contribution in [0.5, 0.6) is 0 Å². The number of nitrogen functional groups attached to an aromatic ring is 1. The van der Waals surface area contributed by atoms with Gasteiger partial charge >= 0.3 is 0 Å². The molecule has 0 unspecified atom stereocenters. The van der Waals surface area contributed by atoms with Gasteiger partial charge in [-0.2, -0.15) is 0 Å². The second-order valence-electron chi connectivity index (χ2n) is 4.44. The first kappa shape index (κ1) is 14.5. The fraction of sp³-hybridized carbons (Fsp3) is 0.143. The molecule has 6 heteroatoms. The lowest BCUT2D eigenvalue weighted by Gasteiger charge is -2.09. The van der Waals surface area contributed by atoms with Crippen LogP contribution in [-0.2, 0) is 16.6 Å². The lowest BCUT2D eigenvalue weighted by Crippen LogP contribution is -2.24. The molecule has 0 amide bonds. The zero-order chi connectivity index (χ0) is 14.8. The quantitative estimate of drug-likeness (QED) is 0.849. The van der Waals surface area contributed by atoms with Gasteiger partial charge in [-0.15, -0.1) is 0 Å². The van der Waals surface area contributed by atoms with E-state index in [2.05, 4.69) is 4.72 Å². The Morgan fingerprint density at radius 2 is 1.90 bits per heavy atom. The third-order valence-electron chi connectivity index (χ3n) is 2.96. The van der Waals surface area contributed by atoms with Gasteiger partial charge in [-0.3, -0.25) is 0 Å². The van der Waals surface area contributed by atoms with Crippen molar-refractivity contribution in [1.82, 2.24) is 4.72 Å². The summed E-state index contributed by atoms with van der Waals surface area (Å²) in [6, 6.07) is 10.9. The molecule has 106 valence electrons. The highest BCUT2D eigenvalue weighted by molar-refractivity contribution is 7.89. The van der Waals surface area contributed by atoms with Crippen molar-refractivity contribution in [3.8, 4) is 0 Å². The molecule has 3 N–H and O–H groups in total. The third kappa shape index (κ3) is 3.15. The van der Waals surface area contributed by atoms with Crippen molar-refractivity contribution in [2.75, 3.05) is 5.73 Å². The van der Waals surface area contributed by atoms with Crippen LogP contribution >= 0.6 is 0 Å². The predicted molar refractivity (Wildman–Crippen MR) is 76.0 cm³/mol. The molecule has 0 aliphatic heterocycles. The Balaban J connectivity index is 2.22. The normalized spacial score (nSPS) is 11.5. The molecule has 0 aliphatic rings. The molecule has 4 nitrogen and oxygen atoms in total. The maximum Gasteiger partial charge on any atom is 0.243 e. The maximum atomic E-state index is 13.7. The molecular formula is C14H15FN2O2S. The van der Waals surface area contributed by atoms with Gasteiger partial charge in [0.1, 0.15) is 10.7 Å². The lowest BCUT2D eigenvalue weighted by molar-refractivity contribution is 0.557. The van der Waals surface area contributed by atoms with Crippen LogP contribution in [0.4, 0.5) is 10.1 Å². The first-order valence-electron chi connectivity index (χ1n) is 5.99. The van der Waals surface area contributed by atoms with Gasteiger partial charge in [-0.1, -0.05) is 24.3 Å². The number of benzene rings is 2. The van der Waals surface area contributed by atoms with E-state index < -0.39 is 20.7 Å². The van der Waals surface area contributed by atoms with Crippen molar-refractivity contribution in [1.29, 1.82) is 0 Å². The molecule has 0 aliphatic carbocycles. The van der Waals surface area contributed by atoms with E-state index in [4.69, 9.17) is 5.73 Å². The summed E-state index contributed by atoms with van der Waals surface area (Å²) in [4.78, 5) is -0.403. The minimum Gasteiger partial charge on any atom is -0.399 e. The fourth-order valence-electron chi connectivity index (χ4n) is 1.79. The third-order valence-corrected chi connectivity index (χ3v) is 4.39. The molecule has 2 aromatic rings. The van der Waals surface area contributed by atoms with Crippen LogP contribution < -0.4 is 10.5 Å². The average Bonchev–Trinajstić information content (AvgIpc) is 2.37. The van der Waals surface area contributed by atoms with E-state index in [1.165, 1.54) is 6.07 Å². The number of halogens is 1. The number of sulfonamides is 1. The Morgan fingerprint density at radius 1 is 1.20 bits per heavy atom. The highest BCUT2D eigenvalue weighted by atomic mass is 32.2. The van der Waals surface area contributed by atoms with Crippen molar-refractivity contribution in [2.24, 2.45) is 0 Å². The molecule has 0 spiro atoms. The molecule has 20 heavy (non-hydrogen) atoms. The van der Waals surface area contributed by atoms with E-state index in [1.54, 1.807) is 0 Å². The van der Waals surface area contributed by atoms with E-state index in [1.807, 2.05) is 31.2 Å². The Hall–Kier alpha value is -1.92. The molecule has 2 rings (SSSR count). The van der Waals surface area contributed by atoms with Gasteiger partial charge in [-0.25, -0.2) is 17.5 Å². The zero-order valence-corrected chi connectivity index (χ0v) is 11.7. The van der Waals surface area contributed by atoms with Crippen LogP contribution in [0.3, 0.4) is 0 Å². The molecule has 0 heterocycles. The smallest absolute Gasteiger partial charge is 0.243 e. The minimum absolute atomic E-state index is 0.110. The van der Waals surface area contributed by atoms with E-state index >= 15 is 0 Å². The highest BCUT2D eigenvalue weighted by Gasteiger charge is 2.18. The zero-order valence-electron chi connectivity index (χ0n) is 10.9. The van der Waals surface area contributed by atoms with Gasteiger partial charge in [0.25, 0.3) is 0 Å². The second kappa shape index (κ2) is 5.60. The number of nitrogens with one attached hydrogen (secondary N) is 1. The van der Waals surface area contributed by atoms with E-state index in [-0.39, 0.29) is 12.2 Å². The van der Waals surface area contributed by atoms with Crippen molar-refractivity contribution >= 4 is 15.7 Å². The summed E-state index contributed by atoms with van der Waals surface area (Å²) in [6.07, 6.45) is 0. The van der Waals surface area contributed by atoms with Crippen LogP contribution in [0.15, 0.2) is 47.4 Å². The van der Waals surface area contributed by atoms with Gasteiger partial charge in [-0.05, 0) is 36.2 Å². The van der Waals surface area contributed by atoms with Crippen molar-refractivity contribution < 1.29 is 12.8 Å². The number of rotatable bonds is 4. The van der Waals surface area contributed by atoms with Crippen molar-refractivity contribution in [3.63, 3.8) is 0 Å². The lowest BCUT2D eigenvalue weighted by atomic mass is 10.1. The number of aryl methyl sites for hydroxylation is 1. The van der Waals surface area contributed by atoms with Crippen molar-refractivity contribution in [3.05, 3.63) is 59.4 Å². The summed E-state index contributed by atoms with van der Waals surface area (Å²) in [6.45, 7) is 1.99.